The maximum Gasteiger partial charge on any atom is 0.317 e. The molecular formula is C26H33FN4O3. The van der Waals surface area contributed by atoms with Crippen LogP contribution in [-0.4, -0.2) is 56.5 Å². The van der Waals surface area contributed by atoms with E-state index in [-0.39, 0.29) is 24.7 Å². The fourth-order valence-electron chi connectivity index (χ4n) is 5.95. The number of hydrogen-bond donors (Lipinski definition) is 2. The van der Waals surface area contributed by atoms with Gasteiger partial charge in [0, 0.05) is 30.1 Å². The number of carbonyl (C=O) groups excluding carboxylic acids is 1. The Bertz CT molecular complexity index is 1090. The fourth-order valence-corrected chi connectivity index (χ4v) is 5.95. The normalized spacial score (nSPS) is 25.2. The lowest BCUT2D eigenvalue weighted by Crippen LogP contribution is -2.63. The summed E-state index contributed by atoms with van der Waals surface area (Å²) in [7, 11) is 0. The van der Waals surface area contributed by atoms with Crippen LogP contribution in [0.5, 0.6) is 0 Å². The van der Waals surface area contributed by atoms with Gasteiger partial charge in [-0.05, 0) is 38.5 Å². The molecule has 34 heavy (non-hydrogen) atoms. The third-order valence-electron chi connectivity index (χ3n) is 8.31. The summed E-state index contributed by atoms with van der Waals surface area (Å²) in [5, 5.41) is 14.7. The van der Waals surface area contributed by atoms with Crippen LogP contribution in [0.2, 0.25) is 0 Å². The summed E-state index contributed by atoms with van der Waals surface area (Å²) in [6, 6.07) is 10.8. The average molecular weight is 469 g/mol. The zero-order valence-corrected chi connectivity index (χ0v) is 19.5. The minimum atomic E-state index is -1.27. The van der Waals surface area contributed by atoms with E-state index in [1.54, 1.807) is 4.90 Å². The number of piperidine rings is 1. The summed E-state index contributed by atoms with van der Waals surface area (Å²) >= 11 is 0. The monoisotopic (exact) mass is 468 g/mol. The molecule has 1 aromatic heterocycles. The first-order chi connectivity index (χ1) is 16.3. The Hall–Kier alpha value is -2.74. The van der Waals surface area contributed by atoms with Gasteiger partial charge in [-0.3, -0.25) is 9.36 Å². The van der Waals surface area contributed by atoms with Crippen LogP contribution in [0.1, 0.15) is 51.4 Å². The second-order valence-corrected chi connectivity index (χ2v) is 10.5. The first-order valence-corrected chi connectivity index (χ1v) is 12.4. The molecule has 2 N–H and O–H groups in total. The minimum Gasteiger partial charge on any atom is -0.387 e. The summed E-state index contributed by atoms with van der Waals surface area (Å²) in [5.74, 6) is 0. The number of carbonyl (C=O) groups is 1. The number of aromatic nitrogens is 2. The Morgan fingerprint density at radius 1 is 1.09 bits per heavy atom. The van der Waals surface area contributed by atoms with E-state index in [1.165, 1.54) is 17.0 Å². The number of amides is 2. The summed E-state index contributed by atoms with van der Waals surface area (Å²) in [5.41, 5.74) is -1.59. The zero-order chi connectivity index (χ0) is 23.8. The van der Waals surface area contributed by atoms with Crippen molar-refractivity contribution < 1.29 is 14.3 Å². The van der Waals surface area contributed by atoms with E-state index >= 15 is 0 Å². The van der Waals surface area contributed by atoms with Gasteiger partial charge in [-0.15, -0.1) is 0 Å². The van der Waals surface area contributed by atoms with Crippen LogP contribution < -0.4 is 10.9 Å². The molecule has 1 atom stereocenters. The Labute approximate surface area is 199 Å². The van der Waals surface area contributed by atoms with Gasteiger partial charge in [0.1, 0.15) is 5.67 Å². The largest absolute Gasteiger partial charge is 0.387 e. The molecule has 7 nitrogen and oxygen atoms in total. The molecule has 0 bridgehead atoms. The average Bonchev–Trinajstić information content (AvgIpc) is 3.30. The number of likely N-dealkylation sites (tertiary alicyclic amines) is 1. The third-order valence-corrected chi connectivity index (χ3v) is 8.31. The molecule has 0 radical (unpaired) electrons. The smallest absolute Gasteiger partial charge is 0.317 e. The van der Waals surface area contributed by atoms with Gasteiger partial charge in [-0.25, -0.2) is 14.2 Å². The molecule has 182 valence electrons. The zero-order valence-electron chi connectivity index (χ0n) is 19.5. The van der Waals surface area contributed by atoms with Gasteiger partial charge in [0.05, 0.1) is 30.7 Å². The van der Waals surface area contributed by atoms with Crippen LogP contribution in [0.25, 0.3) is 11.3 Å². The molecule has 1 unspecified atom stereocenters. The maximum atomic E-state index is 14.4. The second kappa shape index (κ2) is 8.80. The number of alkyl halides is 1. The SMILES string of the molecule is O=C(NCC1(F)CCC1)N1CCC(O)(Cn2cnc(-c3ccccc3)cc2=O)C2(CCCC2)C1. The number of aliphatic hydroxyl groups is 1. The lowest BCUT2D eigenvalue weighted by molar-refractivity contribution is -0.135. The van der Waals surface area contributed by atoms with Crippen LogP contribution in [0, 0.1) is 5.41 Å². The maximum absolute atomic E-state index is 14.4. The lowest BCUT2D eigenvalue weighted by Gasteiger charge is -2.52. The highest BCUT2D eigenvalue weighted by Gasteiger charge is 2.55. The van der Waals surface area contributed by atoms with Crippen LogP contribution in [0.4, 0.5) is 9.18 Å². The third kappa shape index (κ3) is 4.24. The van der Waals surface area contributed by atoms with Crippen LogP contribution in [0.3, 0.4) is 0 Å². The topological polar surface area (TPSA) is 87.5 Å². The van der Waals surface area contributed by atoms with Crippen molar-refractivity contribution in [2.45, 2.75) is 69.2 Å². The van der Waals surface area contributed by atoms with Crippen LogP contribution in [0.15, 0.2) is 47.5 Å². The number of hydrogen-bond acceptors (Lipinski definition) is 4. The Balaban J connectivity index is 1.32. The molecule has 5 rings (SSSR count). The van der Waals surface area contributed by atoms with Gasteiger partial charge in [-0.2, -0.15) is 0 Å². The van der Waals surface area contributed by atoms with Crippen molar-refractivity contribution in [2.24, 2.45) is 5.41 Å². The standard InChI is InChI=1S/C26H33FN4O3/c27-25(11-6-12-25)16-28-23(33)30-14-13-26(34,24(17-30)9-4-5-10-24)18-31-19-29-21(15-22(31)32)20-7-2-1-3-8-20/h1-3,7-8,15,19,34H,4-6,9-14,16-18H2,(H,28,33). The highest BCUT2D eigenvalue weighted by atomic mass is 19.1. The number of benzene rings is 1. The van der Waals surface area contributed by atoms with Crippen LogP contribution in [-0.2, 0) is 6.54 Å². The highest BCUT2D eigenvalue weighted by molar-refractivity contribution is 5.74. The van der Waals surface area contributed by atoms with Gasteiger partial charge in [0.15, 0.2) is 0 Å². The molecule has 2 heterocycles. The number of nitrogens with zero attached hydrogens (tertiary/aromatic N) is 3. The van der Waals surface area contributed by atoms with Crippen molar-refractivity contribution in [2.75, 3.05) is 19.6 Å². The van der Waals surface area contributed by atoms with Gasteiger partial charge in [0.25, 0.3) is 5.56 Å². The second-order valence-electron chi connectivity index (χ2n) is 10.5. The summed E-state index contributed by atoms with van der Waals surface area (Å²) in [4.78, 5) is 31.9. The van der Waals surface area contributed by atoms with Gasteiger partial charge in [-0.1, -0.05) is 43.2 Å². The molecule has 8 heteroatoms. The van der Waals surface area contributed by atoms with E-state index < -0.39 is 16.7 Å². The van der Waals surface area contributed by atoms with Gasteiger partial charge in [0.2, 0.25) is 0 Å². The van der Waals surface area contributed by atoms with Crippen molar-refractivity contribution in [3.8, 4) is 11.3 Å². The lowest BCUT2D eigenvalue weighted by atomic mass is 9.66. The Morgan fingerprint density at radius 3 is 2.47 bits per heavy atom. The van der Waals surface area contributed by atoms with Crippen molar-refractivity contribution in [1.29, 1.82) is 0 Å². The van der Waals surface area contributed by atoms with Crippen LogP contribution >= 0.6 is 0 Å². The molecule has 2 amide bonds. The molecule has 3 fully saturated rings. The molecule has 2 saturated carbocycles. The molecule has 1 spiro atoms. The minimum absolute atomic E-state index is 0.0500. The van der Waals surface area contributed by atoms with Crippen molar-refractivity contribution >= 4 is 6.03 Å². The first kappa shape index (κ1) is 23.0. The van der Waals surface area contributed by atoms with Gasteiger partial charge >= 0.3 is 6.03 Å². The van der Waals surface area contributed by atoms with E-state index in [1.807, 2.05) is 30.3 Å². The first-order valence-electron chi connectivity index (χ1n) is 12.4. The van der Waals surface area contributed by atoms with E-state index in [9.17, 15) is 19.1 Å². The number of urea groups is 1. The number of nitrogens with one attached hydrogen (secondary N) is 1. The molecular weight excluding hydrogens is 435 g/mol. The Kier molecular flexibility index (Phi) is 5.96. The quantitative estimate of drug-likeness (QED) is 0.703. The van der Waals surface area contributed by atoms with Crippen molar-refractivity contribution in [3.63, 3.8) is 0 Å². The molecule has 3 aliphatic rings. The molecule has 1 aliphatic heterocycles. The molecule has 2 aliphatic carbocycles. The predicted octanol–water partition coefficient (Wildman–Crippen LogP) is 3.51. The molecule has 1 saturated heterocycles. The summed E-state index contributed by atoms with van der Waals surface area (Å²) in [6.07, 6.45) is 7.31. The summed E-state index contributed by atoms with van der Waals surface area (Å²) in [6.45, 7) is 0.984. The number of rotatable bonds is 5. The van der Waals surface area contributed by atoms with E-state index in [4.69, 9.17) is 0 Å². The summed E-state index contributed by atoms with van der Waals surface area (Å²) < 4.78 is 15.8. The predicted molar refractivity (Wildman–Crippen MR) is 127 cm³/mol. The molecule has 1 aromatic carbocycles. The van der Waals surface area contributed by atoms with E-state index in [2.05, 4.69) is 10.3 Å². The fraction of sp³-hybridized carbons (Fsp3) is 0.577. The Morgan fingerprint density at radius 2 is 1.82 bits per heavy atom. The number of halogens is 1. The van der Waals surface area contributed by atoms with E-state index in [0.29, 0.717) is 38.0 Å². The highest BCUT2D eigenvalue weighted by Crippen LogP contribution is 2.51. The van der Waals surface area contributed by atoms with E-state index in [0.717, 1.165) is 37.7 Å². The van der Waals surface area contributed by atoms with Crippen molar-refractivity contribution in [1.82, 2.24) is 19.8 Å². The van der Waals surface area contributed by atoms with Gasteiger partial charge < -0.3 is 15.3 Å². The van der Waals surface area contributed by atoms with Crippen molar-refractivity contribution in [3.05, 3.63) is 53.1 Å². The molecule has 2 aromatic rings.